The number of carbonyl (C=O) groups is 1. The lowest BCUT2D eigenvalue weighted by atomic mass is 10.1. The average molecular weight is 449 g/mol. The van der Waals surface area contributed by atoms with Crippen molar-refractivity contribution in [1.29, 1.82) is 0 Å². The highest BCUT2D eigenvalue weighted by atomic mass is 35.5. The number of aromatic nitrogens is 3. The van der Waals surface area contributed by atoms with Crippen LogP contribution in [-0.2, 0) is 17.9 Å². The molecule has 1 amide bonds. The Morgan fingerprint density at radius 2 is 2.00 bits per heavy atom. The van der Waals surface area contributed by atoms with Gasteiger partial charge in [0.15, 0.2) is 11.0 Å². The number of nitrogens with one attached hydrogen (secondary N) is 1. The van der Waals surface area contributed by atoms with E-state index in [1.807, 2.05) is 43.5 Å². The highest BCUT2D eigenvalue weighted by Gasteiger charge is 2.14. The van der Waals surface area contributed by atoms with E-state index in [1.54, 1.807) is 0 Å². The summed E-state index contributed by atoms with van der Waals surface area (Å²) in [5.74, 6) is 0.634. The van der Waals surface area contributed by atoms with Crippen molar-refractivity contribution in [3.05, 3.63) is 64.2 Å². The molecule has 0 saturated heterocycles. The van der Waals surface area contributed by atoms with Gasteiger partial charge in [-0.3, -0.25) is 4.79 Å². The number of anilines is 1. The van der Waals surface area contributed by atoms with Gasteiger partial charge in [0.1, 0.15) is 18.2 Å². The number of hydrogen-bond donors (Lipinski definition) is 1. The molecule has 1 N–H and O–H groups in total. The van der Waals surface area contributed by atoms with Crippen LogP contribution in [0.2, 0.25) is 5.02 Å². The Morgan fingerprint density at radius 1 is 1.20 bits per heavy atom. The Morgan fingerprint density at radius 3 is 2.70 bits per heavy atom. The predicted molar refractivity (Wildman–Crippen MR) is 117 cm³/mol. The molecule has 0 aliphatic rings. The third-order valence-corrected chi connectivity index (χ3v) is 5.75. The summed E-state index contributed by atoms with van der Waals surface area (Å²) < 4.78 is 20.8. The number of carbonyl (C=O) groups excluding carboxylic acids is 1. The van der Waals surface area contributed by atoms with Gasteiger partial charge in [-0.1, -0.05) is 29.4 Å². The van der Waals surface area contributed by atoms with Crippen LogP contribution < -0.4 is 10.1 Å². The predicted octanol–water partition coefficient (Wildman–Crippen LogP) is 5.02. The summed E-state index contributed by atoms with van der Waals surface area (Å²) in [5.41, 5.74) is 3.07. The lowest BCUT2D eigenvalue weighted by molar-refractivity contribution is -0.113. The van der Waals surface area contributed by atoms with Gasteiger partial charge in [0.2, 0.25) is 5.91 Å². The first-order valence-electron chi connectivity index (χ1n) is 9.37. The first-order chi connectivity index (χ1) is 14.4. The molecule has 0 aliphatic carbocycles. The molecule has 6 nitrogen and oxygen atoms in total. The van der Waals surface area contributed by atoms with Crippen LogP contribution in [-0.4, -0.2) is 26.4 Å². The van der Waals surface area contributed by atoms with Crippen molar-refractivity contribution in [3.63, 3.8) is 0 Å². The molecular weight excluding hydrogens is 427 g/mol. The van der Waals surface area contributed by atoms with E-state index in [4.69, 9.17) is 16.3 Å². The molecule has 0 unspecified atom stereocenters. The molecule has 1 heterocycles. The smallest absolute Gasteiger partial charge is 0.234 e. The summed E-state index contributed by atoms with van der Waals surface area (Å²) in [4.78, 5) is 12.3. The van der Waals surface area contributed by atoms with Crippen molar-refractivity contribution in [3.8, 4) is 5.75 Å². The van der Waals surface area contributed by atoms with Crippen LogP contribution in [0.1, 0.15) is 23.9 Å². The molecule has 0 aliphatic heterocycles. The lowest BCUT2D eigenvalue weighted by Crippen LogP contribution is -2.15. The van der Waals surface area contributed by atoms with Gasteiger partial charge in [-0.15, -0.1) is 10.2 Å². The number of aryl methyl sites for hydroxylation is 2. The minimum absolute atomic E-state index is 0.00418. The minimum atomic E-state index is -0.501. The summed E-state index contributed by atoms with van der Waals surface area (Å²) in [6, 6.07) is 9.97. The molecule has 0 radical (unpaired) electrons. The molecule has 0 bridgehead atoms. The van der Waals surface area contributed by atoms with E-state index >= 15 is 0 Å². The maximum absolute atomic E-state index is 13.3. The largest absolute Gasteiger partial charge is 0.486 e. The number of halogens is 2. The van der Waals surface area contributed by atoms with E-state index in [9.17, 15) is 9.18 Å². The van der Waals surface area contributed by atoms with Gasteiger partial charge >= 0.3 is 0 Å². The maximum atomic E-state index is 13.3. The summed E-state index contributed by atoms with van der Waals surface area (Å²) >= 11 is 7.08. The summed E-state index contributed by atoms with van der Waals surface area (Å²) in [6.45, 7) is 6.77. The van der Waals surface area contributed by atoms with E-state index in [2.05, 4.69) is 15.5 Å². The van der Waals surface area contributed by atoms with E-state index in [0.717, 1.165) is 11.3 Å². The molecule has 0 spiro atoms. The Labute approximate surface area is 183 Å². The fraction of sp³-hybridized carbons (Fsp3) is 0.286. The van der Waals surface area contributed by atoms with Gasteiger partial charge in [0, 0.05) is 18.3 Å². The number of thioether (sulfide) groups is 1. The average Bonchev–Trinajstić information content (AvgIpc) is 3.12. The highest BCUT2D eigenvalue weighted by molar-refractivity contribution is 7.99. The van der Waals surface area contributed by atoms with Gasteiger partial charge in [-0.25, -0.2) is 4.39 Å². The number of nitrogens with zero attached hydrogens (tertiary/aromatic N) is 3. The van der Waals surface area contributed by atoms with Gasteiger partial charge in [-0.05, 0) is 56.2 Å². The standard InChI is InChI=1S/C21H22ClFN4O2S/c1-4-27-19(11-29-16-7-8-18(23)17(22)10-16)25-26-21(27)30-12-20(28)24-15-6-5-13(2)14(3)9-15/h5-10H,4,11-12H2,1-3H3,(H,24,28). The zero-order chi connectivity index (χ0) is 21.7. The number of ether oxygens (including phenoxy) is 1. The summed E-state index contributed by atoms with van der Waals surface area (Å²) in [5, 5.41) is 11.8. The van der Waals surface area contributed by atoms with Crippen LogP contribution in [0.4, 0.5) is 10.1 Å². The van der Waals surface area contributed by atoms with Crippen molar-refractivity contribution < 1.29 is 13.9 Å². The monoisotopic (exact) mass is 448 g/mol. The number of amides is 1. The Bertz CT molecular complexity index is 1060. The van der Waals surface area contributed by atoms with E-state index < -0.39 is 5.82 Å². The van der Waals surface area contributed by atoms with Crippen LogP contribution >= 0.6 is 23.4 Å². The minimum Gasteiger partial charge on any atom is -0.486 e. The fourth-order valence-corrected chi connectivity index (χ4v) is 3.70. The number of benzene rings is 2. The second-order valence-electron chi connectivity index (χ2n) is 6.64. The van der Waals surface area contributed by atoms with Crippen LogP contribution in [0, 0.1) is 19.7 Å². The molecule has 30 heavy (non-hydrogen) atoms. The van der Waals surface area contributed by atoms with Crippen molar-refractivity contribution in [2.45, 2.75) is 39.1 Å². The number of rotatable bonds is 8. The fourth-order valence-electron chi connectivity index (χ4n) is 2.71. The van der Waals surface area contributed by atoms with E-state index in [-0.39, 0.29) is 23.3 Å². The quantitative estimate of drug-likeness (QED) is 0.490. The van der Waals surface area contributed by atoms with Crippen molar-refractivity contribution in [2.24, 2.45) is 0 Å². The van der Waals surface area contributed by atoms with Crippen molar-refractivity contribution >= 4 is 35.0 Å². The normalized spacial score (nSPS) is 10.8. The molecule has 3 rings (SSSR count). The van der Waals surface area contributed by atoms with E-state index in [1.165, 1.54) is 35.5 Å². The highest BCUT2D eigenvalue weighted by Crippen LogP contribution is 2.23. The second-order valence-corrected chi connectivity index (χ2v) is 7.99. The van der Waals surface area contributed by atoms with Gasteiger partial charge in [0.05, 0.1) is 10.8 Å². The van der Waals surface area contributed by atoms with Gasteiger partial charge < -0.3 is 14.6 Å². The van der Waals surface area contributed by atoms with E-state index in [0.29, 0.717) is 23.3 Å². The zero-order valence-corrected chi connectivity index (χ0v) is 18.5. The van der Waals surface area contributed by atoms with Crippen LogP contribution in [0.5, 0.6) is 5.75 Å². The molecule has 9 heteroatoms. The van der Waals surface area contributed by atoms with Crippen molar-refractivity contribution in [1.82, 2.24) is 14.8 Å². The molecule has 3 aromatic rings. The summed E-state index contributed by atoms with van der Waals surface area (Å²) in [6.07, 6.45) is 0. The van der Waals surface area contributed by atoms with Crippen molar-refractivity contribution in [2.75, 3.05) is 11.1 Å². The SMILES string of the molecule is CCn1c(COc2ccc(F)c(Cl)c2)nnc1SCC(=O)Nc1ccc(C)c(C)c1. The van der Waals surface area contributed by atoms with Crippen LogP contribution in [0.25, 0.3) is 0 Å². The lowest BCUT2D eigenvalue weighted by Gasteiger charge is -2.10. The Hall–Kier alpha value is -2.58. The summed E-state index contributed by atoms with van der Waals surface area (Å²) in [7, 11) is 0. The molecule has 158 valence electrons. The Balaban J connectivity index is 1.58. The van der Waals surface area contributed by atoms with Gasteiger partial charge in [-0.2, -0.15) is 0 Å². The number of hydrogen-bond acceptors (Lipinski definition) is 5. The third kappa shape index (κ3) is 5.52. The molecule has 0 atom stereocenters. The third-order valence-electron chi connectivity index (χ3n) is 4.49. The van der Waals surface area contributed by atoms with Crippen LogP contribution in [0.3, 0.4) is 0 Å². The molecule has 2 aromatic carbocycles. The maximum Gasteiger partial charge on any atom is 0.234 e. The molecule has 1 aromatic heterocycles. The molecule has 0 saturated carbocycles. The van der Waals surface area contributed by atoms with Crippen LogP contribution in [0.15, 0.2) is 41.6 Å². The zero-order valence-electron chi connectivity index (χ0n) is 16.9. The Kier molecular flexibility index (Phi) is 7.33. The second kappa shape index (κ2) is 9.95. The molecular formula is C21H22ClFN4O2S. The van der Waals surface area contributed by atoms with Gasteiger partial charge in [0.25, 0.3) is 0 Å². The molecule has 0 fully saturated rings. The topological polar surface area (TPSA) is 69.0 Å². The first kappa shape index (κ1) is 22.1. The first-order valence-corrected chi connectivity index (χ1v) is 10.7.